The van der Waals surface area contributed by atoms with Crippen molar-refractivity contribution in [1.29, 1.82) is 0 Å². The molecule has 2 aromatic carbocycles. The summed E-state index contributed by atoms with van der Waals surface area (Å²) in [5, 5.41) is 12.1. The molecular formula is C22H23FN2O4. The molecule has 0 bridgehead atoms. The van der Waals surface area contributed by atoms with Crippen LogP contribution in [0.2, 0.25) is 0 Å². The molecule has 2 aromatic rings. The molecule has 3 rings (SSSR count). The standard InChI is InChI=1S/C22H23FN2O4/c1-2-14-5-3-4-6-19(14)25-13-16(11-20(25)26)21(27)24-12-18(22(28)29)15-7-9-17(23)10-8-15/h3-10,16,18H,2,11-13H2,1H3,(H,24,27)(H,28,29). The molecule has 0 saturated carbocycles. The van der Waals surface area contributed by atoms with Gasteiger partial charge in [-0.25, -0.2) is 4.39 Å². The maximum absolute atomic E-state index is 13.1. The Morgan fingerprint density at radius 2 is 1.90 bits per heavy atom. The molecule has 1 saturated heterocycles. The highest BCUT2D eigenvalue weighted by atomic mass is 19.1. The second-order valence-corrected chi connectivity index (χ2v) is 7.08. The molecule has 0 aliphatic carbocycles. The van der Waals surface area contributed by atoms with Gasteiger partial charge >= 0.3 is 5.97 Å². The second-order valence-electron chi connectivity index (χ2n) is 7.08. The van der Waals surface area contributed by atoms with E-state index >= 15 is 0 Å². The number of hydrogen-bond donors (Lipinski definition) is 2. The first-order valence-electron chi connectivity index (χ1n) is 9.55. The number of rotatable bonds is 7. The molecule has 7 heteroatoms. The summed E-state index contributed by atoms with van der Waals surface area (Å²) < 4.78 is 13.1. The molecule has 1 aliphatic heterocycles. The number of aryl methyl sites for hydroxylation is 1. The second kappa shape index (κ2) is 8.86. The van der Waals surface area contributed by atoms with Gasteiger partial charge in [0.05, 0.1) is 11.8 Å². The van der Waals surface area contributed by atoms with Crippen molar-refractivity contribution in [2.45, 2.75) is 25.7 Å². The van der Waals surface area contributed by atoms with Crippen molar-refractivity contribution in [1.82, 2.24) is 5.32 Å². The molecule has 0 aromatic heterocycles. The first kappa shape index (κ1) is 20.5. The topological polar surface area (TPSA) is 86.7 Å². The molecule has 6 nitrogen and oxygen atoms in total. The minimum atomic E-state index is -1.11. The summed E-state index contributed by atoms with van der Waals surface area (Å²) in [6.45, 7) is 2.14. The van der Waals surface area contributed by atoms with Crippen LogP contribution in [0.3, 0.4) is 0 Å². The molecule has 1 fully saturated rings. The SMILES string of the molecule is CCc1ccccc1N1CC(C(=O)NCC(C(=O)O)c2ccc(F)cc2)CC1=O. The number of nitrogens with zero attached hydrogens (tertiary/aromatic N) is 1. The molecule has 2 atom stereocenters. The Kier molecular flexibility index (Phi) is 6.26. The van der Waals surface area contributed by atoms with Gasteiger partial charge in [-0.05, 0) is 35.7 Å². The molecular weight excluding hydrogens is 375 g/mol. The van der Waals surface area contributed by atoms with Crippen molar-refractivity contribution in [2.24, 2.45) is 5.92 Å². The number of amides is 2. The maximum atomic E-state index is 13.1. The van der Waals surface area contributed by atoms with Crippen molar-refractivity contribution in [3.05, 3.63) is 65.5 Å². The zero-order valence-electron chi connectivity index (χ0n) is 16.1. The van der Waals surface area contributed by atoms with Crippen LogP contribution in [0.15, 0.2) is 48.5 Å². The van der Waals surface area contributed by atoms with Crippen LogP contribution in [0.5, 0.6) is 0 Å². The molecule has 1 aliphatic rings. The third kappa shape index (κ3) is 4.62. The number of anilines is 1. The van der Waals surface area contributed by atoms with E-state index in [1.165, 1.54) is 24.3 Å². The Labute approximate surface area is 168 Å². The molecule has 1 heterocycles. The number of aliphatic carboxylic acids is 1. The molecule has 2 unspecified atom stereocenters. The van der Waals surface area contributed by atoms with Crippen LogP contribution >= 0.6 is 0 Å². The van der Waals surface area contributed by atoms with Crippen molar-refractivity contribution < 1.29 is 23.9 Å². The molecule has 0 radical (unpaired) electrons. The first-order valence-corrected chi connectivity index (χ1v) is 9.55. The molecule has 29 heavy (non-hydrogen) atoms. The number of halogens is 1. The van der Waals surface area contributed by atoms with Gasteiger partial charge in [-0.2, -0.15) is 0 Å². The zero-order chi connectivity index (χ0) is 21.0. The quantitative estimate of drug-likeness (QED) is 0.751. The van der Waals surface area contributed by atoms with Gasteiger partial charge in [0, 0.05) is 25.2 Å². The van der Waals surface area contributed by atoms with Gasteiger partial charge in [0.15, 0.2) is 0 Å². The monoisotopic (exact) mass is 398 g/mol. The summed E-state index contributed by atoms with van der Waals surface area (Å²) in [5.74, 6) is -3.59. The summed E-state index contributed by atoms with van der Waals surface area (Å²) in [5.41, 5.74) is 2.24. The van der Waals surface area contributed by atoms with Gasteiger partial charge < -0.3 is 15.3 Å². The Morgan fingerprint density at radius 3 is 2.55 bits per heavy atom. The average molecular weight is 398 g/mol. The number of carbonyl (C=O) groups excluding carboxylic acids is 2. The number of benzene rings is 2. The number of para-hydroxylation sites is 1. The van der Waals surface area contributed by atoms with Crippen LogP contribution in [0.25, 0.3) is 0 Å². The lowest BCUT2D eigenvalue weighted by Gasteiger charge is -2.20. The lowest BCUT2D eigenvalue weighted by molar-refractivity contribution is -0.138. The van der Waals surface area contributed by atoms with Gasteiger partial charge in [-0.3, -0.25) is 14.4 Å². The van der Waals surface area contributed by atoms with Crippen LogP contribution < -0.4 is 10.2 Å². The summed E-state index contributed by atoms with van der Waals surface area (Å²) >= 11 is 0. The van der Waals surface area contributed by atoms with E-state index in [1.54, 1.807) is 4.90 Å². The fourth-order valence-electron chi connectivity index (χ4n) is 3.58. The molecule has 152 valence electrons. The van der Waals surface area contributed by atoms with Crippen LogP contribution in [0.1, 0.15) is 30.4 Å². The van der Waals surface area contributed by atoms with Crippen LogP contribution in [0, 0.1) is 11.7 Å². The number of nitrogens with one attached hydrogen (secondary N) is 1. The number of hydrogen-bond acceptors (Lipinski definition) is 3. The number of carbonyl (C=O) groups is 3. The van der Waals surface area contributed by atoms with Gasteiger partial charge in [0.1, 0.15) is 5.82 Å². The summed E-state index contributed by atoms with van der Waals surface area (Å²) in [4.78, 5) is 38.3. The fourth-order valence-corrected chi connectivity index (χ4v) is 3.58. The molecule has 2 N–H and O–H groups in total. The Balaban J connectivity index is 1.65. The third-order valence-corrected chi connectivity index (χ3v) is 5.21. The lowest BCUT2D eigenvalue weighted by atomic mass is 9.98. The predicted molar refractivity (Wildman–Crippen MR) is 106 cm³/mol. The predicted octanol–water partition coefficient (Wildman–Crippen LogP) is 2.73. The highest BCUT2D eigenvalue weighted by Gasteiger charge is 2.36. The lowest BCUT2D eigenvalue weighted by Crippen LogP contribution is -2.37. The minimum Gasteiger partial charge on any atom is -0.481 e. The Morgan fingerprint density at radius 1 is 1.21 bits per heavy atom. The van der Waals surface area contributed by atoms with Gasteiger partial charge in [0.2, 0.25) is 11.8 Å². The van der Waals surface area contributed by atoms with E-state index in [2.05, 4.69) is 5.32 Å². The van der Waals surface area contributed by atoms with Gasteiger partial charge in [0.25, 0.3) is 0 Å². The van der Waals surface area contributed by atoms with E-state index in [4.69, 9.17) is 0 Å². The summed E-state index contributed by atoms with van der Waals surface area (Å²) in [7, 11) is 0. The van der Waals surface area contributed by atoms with Crippen LogP contribution in [-0.4, -0.2) is 36.0 Å². The number of carboxylic acid groups (broad SMARTS) is 1. The van der Waals surface area contributed by atoms with Crippen molar-refractivity contribution in [3.8, 4) is 0 Å². The Bertz CT molecular complexity index is 913. The van der Waals surface area contributed by atoms with E-state index in [9.17, 15) is 23.9 Å². The normalized spacial score (nSPS) is 17.2. The van der Waals surface area contributed by atoms with Crippen molar-refractivity contribution >= 4 is 23.5 Å². The van der Waals surface area contributed by atoms with Gasteiger partial charge in [-0.1, -0.05) is 37.3 Å². The van der Waals surface area contributed by atoms with Crippen molar-refractivity contribution in [3.63, 3.8) is 0 Å². The van der Waals surface area contributed by atoms with E-state index in [0.29, 0.717) is 5.56 Å². The number of carboxylic acids is 1. The average Bonchev–Trinajstić information content (AvgIpc) is 3.10. The zero-order valence-corrected chi connectivity index (χ0v) is 16.1. The summed E-state index contributed by atoms with van der Waals surface area (Å²) in [6.07, 6.45) is 0.854. The van der Waals surface area contributed by atoms with E-state index in [0.717, 1.165) is 17.7 Å². The van der Waals surface area contributed by atoms with Crippen LogP contribution in [0.4, 0.5) is 10.1 Å². The van der Waals surface area contributed by atoms with E-state index < -0.39 is 23.6 Å². The van der Waals surface area contributed by atoms with Gasteiger partial charge in [-0.15, -0.1) is 0 Å². The maximum Gasteiger partial charge on any atom is 0.312 e. The molecule has 2 amide bonds. The van der Waals surface area contributed by atoms with E-state index in [-0.39, 0.29) is 31.3 Å². The smallest absolute Gasteiger partial charge is 0.312 e. The molecule has 0 spiro atoms. The Hall–Kier alpha value is -3.22. The van der Waals surface area contributed by atoms with Crippen LogP contribution in [-0.2, 0) is 20.8 Å². The van der Waals surface area contributed by atoms with E-state index in [1.807, 2.05) is 31.2 Å². The van der Waals surface area contributed by atoms with Crippen molar-refractivity contribution in [2.75, 3.05) is 18.0 Å². The first-order chi connectivity index (χ1) is 13.9. The highest BCUT2D eigenvalue weighted by molar-refractivity contribution is 6.00. The largest absolute Gasteiger partial charge is 0.481 e. The third-order valence-electron chi connectivity index (χ3n) is 5.21. The summed E-state index contributed by atoms with van der Waals surface area (Å²) in [6, 6.07) is 12.7. The highest BCUT2D eigenvalue weighted by Crippen LogP contribution is 2.28. The fraction of sp³-hybridized carbons (Fsp3) is 0.318. The minimum absolute atomic E-state index is 0.0815.